The fourth-order valence-corrected chi connectivity index (χ4v) is 3.32. The number of nitrogens with one attached hydrogen (secondary N) is 2. The Labute approximate surface area is 188 Å². The molecule has 0 radical (unpaired) electrons. The number of benzene rings is 1. The average molecular weight is 528 g/mol. The van der Waals surface area contributed by atoms with Crippen molar-refractivity contribution >= 4 is 29.9 Å². The maximum absolute atomic E-state index is 12.5. The molecule has 0 atom stereocenters. The lowest BCUT2D eigenvalue weighted by atomic mass is 9.93. The first-order valence-corrected chi connectivity index (χ1v) is 9.84. The van der Waals surface area contributed by atoms with Gasteiger partial charge in [-0.3, -0.25) is 4.90 Å². The summed E-state index contributed by atoms with van der Waals surface area (Å²) in [4.78, 5) is 6.10. The Morgan fingerprint density at radius 1 is 1.17 bits per heavy atom. The summed E-state index contributed by atoms with van der Waals surface area (Å²) < 4.78 is 42.5. The van der Waals surface area contributed by atoms with E-state index in [4.69, 9.17) is 4.74 Å². The predicted octanol–water partition coefficient (Wildman–Crippen LogP) is 4.03. The first-order chi connectivity index (χ1) is 13.4. The lowest BCUT2D eigenvalue weighted by Gasteiger charge is -2.32. The predicted molar refractivity (Wildman–Crippen MR) is 121 cm³/mol. The maximum atomic E-state index is 12.5. The Kier molecular flexibility index (Phi) is 11.7. The fourth-order valence-electron chi connectivity index (χ4n) is 3.32. The van der Waals surface area contributed by atoms with Crippen molar-refractivity contribution in [1.29, 1.82) is 0 Å². The van der Waals surface area contributed by atoms with E-state index in [1.165, 1.54) is 4.90 Å². The van der Waals surface area contributed by atoms with Crippen LogP contribution in [0.25, 0.3) is 0 Å². The van der Waals surface area contributed by atoms with Gasteiger partial charge in [0, 0.05) is 13.1 Å². The van der Waals surface area contributed by atoms with E-state index in [2.05, 4.69) is 15.6 Å². The molecule has 2 N–H and O–H groups in total. The molecule has 1 aliphatic rings. The van der Waals surface area contributed by atoms with Crippen LogP contribution in [0.5, 0.6) is 5.75 Å². The number of nitrogens with zero attached hydrogens (tertiary/aromatic N) is 2. The molecule has 0 aliphatic carbocycles. The number of hydrogen-bond acceptors (Lipinski definition) is 3. The van der Waals surface area contributed by atoms with Crippen molar-refractivity contribution in [3.8, 4) is 5.75 Å². The first-order valence-electron chi connectivity index (χ1n) is 9.84. The van der Waals surface area contributed by atoms with Gasteiger partial charge in [-0.15, -0.1) is 24.0 Å². The maximum Gasteiger partial charge on any atom is 0.401 e. The fraction of sp³-hybridized carbons (Fsp3) is 0.650. The molecular formula is C20H32F3IN4O. The standard InChI is InChI=1S/C20H31F3N4O.HI/c1-3-24-19(26-14-17-4-6-18(28-2)7-5-17)25-11-8-16-9-12-27(13-10-16)15-20(21,22)23;/h4-7,16H,3,8-15H2,1-2H3,(H2,24,25,26);1H. The molecule has 0 amide bonds. The molecule has 166 valence electrons. The molecule has 1 fully saturated rings. The van der Waals surface area contributed by atoms with Crippen LogP contribution in [0.2, 0.25) is 0 Å². The Balaban J connectivity index is 0.00000420. The molecule has 1 saturated heterocycles. The number of alkyl halides is 3. The lowest BCUT2D eigenvalue weighted by molar-refractivity contribution is -0.148. The number of guanidine groups is 1. The van der Waals surface area contributed by atoms with E-state index in [0.29, 0.717) is 25.6 Å². The summed E-state index contributed by atoms with van der Waals surface area (Å²) in [6.07, 6.45) is -1.53. The summed E-state index contributed by atoms with van der Waals surface area (Å²) >= 11 is 0. The summed E-state index contributed by atoms with van der Waals surface area (Å²) in [5.74, 6) is 2.04. The van der Waals surface area contributed by atoms with Gasteiger partial charge in [-0.25, -0.2) is 4.99 Å². The molecule has 0 bridgehead atoms. The zero-order valence-electron chi connectivity index (χ0n) is 17.1. The van der Waals surface area contributed by atoms with Crippen LogP contribution in [-0.2, 0) is 6.54 Å². The van der Waals surface area contributed by atoms with E-state index in [9.17, 15) is 13.2 Å². The second-order valence-corrected chi connectivity index (χ2v) is 7.09. The second-order valence-electron chi connectivity index (χ2n) is 7.09. The topological polar surface area (TPSA) is 48.9 Å². The summed E-state index contributed by atoms with van der Waals surface area (Å²) in [5, 5.41) is 6.56. The minimum absolute atomic E-state index is 0. The van der Waals surface area contributed by atoms with Gasteiger partial charge in [-0.2, -0.15) is 13.2 Å². The molecule has 1 heterocycles. The minimum Gasteiger partial charge on any atom is -0.497 e. The number of halogens is 4. The molecule has 9 heteroatoms. The number of methoxy groups -OCH3 is 1. The second kappa shape index (κ2) is 13.1. The van der Waals surface area contributed by atoms with Crippen LogP contribution in [0, 0.1) is 5.92 Å². The molecule has 1 aliphatic heterocycles. The van der Waals surface area contributed by atoms with E-state index in [1.54, 1.807) is 7.11 Å². The van der Waals surface area contributed by atoms with Crippen LogP contribution < -0.4 is 15.4 Å². The van der Waals surface area contributed by atoms with E-state index in [-0.39, 0.29) is 24.0 Å². The van der Waals surface area contributed by atoms with Crippen LogP contribution in [0.15, 0.2) is 29.3 Å². The van der Waals surface area contributed by atoms with E-state index in [0.717, 1.165) is 49.6 Å². The van der Waals surface area contributed by atoms with Gasteiger partial charge in [0.15, 0.2) is 5.96 Å². The molecule has 1 aromatic carbocycles. The molecule has 2 rings (SSSR count). The molecule has 0 spiro atoms. The third-order valence-corrected chi connectivity index (χ3v) is 4.88. The molecule has 0 saturated carbocycles. The van der Waals surface area contributed by atoms with Crippen LogP contribution in [0.1, 0.15) is 31.7 Å². The van der Waals surface area contributed by atoms with Crippen molar-refractivity contribution in [2.45, 2.75) is 38.9 Å². The van der Waals surface area contributed by atoms with Crippen molar-refractivity contribution < 1.29 is 17.9 Å². The van der Waals surface area contributed by atoms with Gasteiger partial charge in [0.2, 0.25) is 0 Å². The van der Waals surface area contributed by atoms with Gasteiger partial charge in [-0.1, -0.05) is 12.1 Å². The largest absolute Gasteiger partial charge is 0.497 e. The Morgan fingerprint density at radius 3 is 2.38 bits per heavy atom. The Morgan fingerprint density at radius 2 is 1.83 bits per heavy atom. The van der Waals surface area contributed by atoms with Crippen molar-refractivity contribution in [1.82, 2.24) is 15.5 Å². The van der Waals surface area contributed by atoms with Crippen molar-refractivity contribution in [3.05, 3.63) is 29.8 Å². The normalized spacial score (nSPS) is 16.2. The third kappa shape index (κ3) is 10.4. The highest BCUT2D eigenvalue weighted by molar-refractivity contribution is 14.0. The number of aliphatic imine (C=N–C) groups is 1. The zero-order chi connectivity index (χ0) is 20.4. The third-order valence-electron chi connectivity index (χ3n) is 4.88. The molecule has 5 nitrogen and oxygen atoms in total. The molecule has 0 aromatic heterocycles. The monoisotopic (exact) mass is 528 g/mol. The first kappa shape index (κ1) is 25.8. The Bertz CT molecular complexity index is 603. The van der Waals surface area contributed by atoms with Crippen LogP contribution in [0.4, 0.5) is 13.2 Å². The van der Waals surface area contributed by atoms with Crippen molar-refractivity contribution in [2.24, 2.45) is 10.9 Å². The smallest absolute Gasteiger partial charge is 0.401 e. The van der Waals surface area contributed by atoms with Gasteiger partial charge >= 0.3 is 6.18 Å². The summed E-state index contributed by atoms with van der Waals surface area (Å²) in [6, 6.07) is 7.80. The minimum atomic E-state index is -4.10. The number of ether oxygens (including phenoxy) is 1. The highest BCUT2D eigenvalue weighted by Gasteiger charge is 2.32. The van der Waals surface area contributed by atoms with Crippen molar-refractivity contribution in [3.63, 3.8) is 0 Å². The van der Waals surface area contributed by atoms with Crippen molar-refractivity contribution in [2.75, 3.05) is 39.8 Å². The number of likely N-dealkylation sites (tertiary alicyclic amines) is 1. The number of hydrogen-bond donors (Lipinski definition) is 2. The Hall–Kier alpha value is -1.23. The van der Waals surface area contributed by atoms with Crippen LogP contribution in [0.3, 0.4) is 0 Å². The summed E-state index contributed by atoms with van der Waals surface area (Å²) in [6.45, 7) is 4.37. The molecule has 0 unspecified atom stereocenters. The number of rotatable bonds is 8. The van der Waals surface area contributed by atoms with E-state index in [1.807, 2.05) is 31.2 Å². The molecule has 29 heavy (non-hydrogen) atoms. The summed E-state index contributed by atoms with van der Waals surface area (Å²) in [7, 11) is 1.64. The average Bonchev–Trinajstić information content (AvgIpc) is 2.66. The van der Waals surface area contributed by atoms with Crippen LogP contribution >= 0.6 is 24.0 Å². The lowest BCUT2D eigenvalue weighted by Crippen LogP contribution is -2.41. The zero-order valence-corrected chi connectivity index (χ0v) is 19.4. The molecular weight excluding hydrogens is 496 g/mol. The SMILES string of the molecule is CCNC(=NCc1ccc(OC)cc1)NCCC1CCN(CC(F)(F)F)CC1.I. The van der Waals surface area contributed by atoms with Gasteiger partial charge in [0.05, 0.1) is 20.2 Å². The highest BCUT2D eigenvalue weighted by atomic mass is 127. The van der Waals surface area contributed by atoms with Gasteiger partial charge < -0.3 is 15.4 Å². The number of piperidine rings is 1. The quantitative estimate of drug-likeness (QED) is 0.304. The molecule has 1 aromatic rings. The van der Waals surface area contributed by atoms with E-state index >= 15 is 0 Å². The van der Waals surface area contributed by atoms with Gasteiger partial charge in [-0.05, 0) is 62.9 Å². The van der Waals surface area contributed by atoms with Gasteiger partial charge in [0.1, 0.15) is 5.75 Å². The van der Waals surface area contributed by atoms with E-state index < -0.39 is 12.7 Å². The van der Waals surface area contributed by atoms with Gasteiger partial charge in [0.25, 0.3) is 0 Å². The van der Waals surface area contributed by atoms with Crippen LogP contribution in [-0.4, -0.2) is 56.9 Å². The highest BCUT2D eigenvalue weighted by Crippen LogP contribution is 2.24. The summed E-state index contributed by atoms with van der Waals surface area (Å²) in [5.41, 5.74) is 1.09.